The second kappa shape index (κ2) is 6.36. The van der Waals surface area contributed by atoms with E-state index in [2.05, 4.69) is 9.88 Å². The number of halogens is 3. The van der Waals surface area contributed by atoms with E-state index in [1.807, 2.05) is 6.92 Å². The van der Waals surface area contributed by atoms with Gasteiger partial charge in [0, 0.05) is 0 Å². The molecule has 5 N–H and O–H groups in total. The van der Waals surface area contributed by atoms with Crippen LogP contribution in [-0.2, 0) is 10.2 Å². The number of amidine groups is 1. The van der Waals surface area contributed by atoms with E-state index in [1.165, 1.54) is 4.72 Å². The Morgan fingerprint density at radius 3 is 2.38 bits per heavy atom. The van der Waals surface area contributed by atoms with E-state index >= 15 is 0 Å². The summed E-state index contributed by atoms with van der Waals surface area (Å²) in [5.74, 6) is -0.0240. The van der Waals surface area contributed by atoms with Crippen molar-refractivity contribution in [3.8, 4) is 0 Å². The lowest BCUT2D eigenvalue weighted by molar-refractivity contribution is -0.121. The molecular weight excluding hydrogens is 313 g/mol. The Morgan fingerprint density at radius 1 is 1.43 bits per heavy atom. The maximum Gasteiger partial charge on any atom is 0.402 e. The minimum Gasteiger partial charge on any atom is -0.409 e. The van der Waals surface area contributed by atoms with Gasteiger partial charge in [-0.1, -0.05) is 12.1 Å². The van der Waals surface area contributed by atoms with Crippen molar-refractivity contribution in [3.63, 3.8) is 0 Å². The Labute approximate surface area is 120 Å². The normalized spacial score (nSPS) is 28.6. The molecule has 0 unspecified atom stereocenters. The standard InChI is InChI=1S/C10H19F3N4O3S/c1-7-2-4-9(5-3-7,8(14)16-18)17-21(19,20)15-6-10(11,12)13/h7,15,17-18H,2-6H2,1H3,(H2,14,16). The van der Waals surface area contributed by atoms with Gasteiger partial charge in [-0.3, -0.25) is 0 Å². The van der Waals surface area contributed by atoms with Gasteiger partial charge in [0.25, 0.3) is 10.2 Å². The van der Waals surface area contributed by atoms with Gasteiger partial charge in [0.15, 0.2) is 5.84 Å². The van der Waals surface area contributed by atoms with Crippen LogP contribution in [0.1, 0.15) is 32.6 Å². The molecule has 0 aliphatic heterocycles. The lowest BCUT2D eigenvalue weighted by Gasteiger charge is -2.38. The van der Waals surface area contributed by atoms with E-state index in [0.717, 1.165) is 0 Å². The third-order valence-electron chi connectivity index (χ3n) is 3.52. The van der Waals surface area contributed by atoms with Gasteiger partial charge < -0.3 is 10.9 Å². The van der Waals surface area contributed by atoms with Crippen molar-refractivity contribution in [1.82, 2.24) is 9.44 Å². The van der Waals surface area contributed by atoms with Crippen molar-refractivity contribution in [3.05, 3.63) is 0 Å². The van der Waals surface area contributed by atoms with Gasteiger partial charge in [0.1, 0.15) is 6.54 Å². The lowest BCUT2D eigenvalue weighted by Crippen LogP contribution is -2.61. The summed E-state index contributed by atoms with van der Waals surface area (Å²) in [6, 6.07) is 0. The molecule has 1 aliphatic rings. The van der Waals surface area contributed by atoms with Crippen molar-refractivity contribution >= 4 is 16.0 Å². The van der Waals surface area contributed by atoms with Crippen molar-refractivity contribution in [2.45, 2.75) is 44.3 Å². The molecule has 1 saturated carbocycles. The summed E-state index contributed by atoms with van der Waals surface area (Å²) >= 11 is 0. The number of nitrogens with two attached hydrogens (primary N) is 1. The van der Waals surface area contributed by atoms with Gasteiger partial charge in [-0.05, 0) is 31.6 Å². The topological polar surface area (TPSA) is 117 Å². The van der Waals surface area contributed by atoms with Crippen LogP contribution in [0.15, 0.2) is 5.16 Å². The molecule has 0 aromatic carbocycles. The van der Waals surface area contributed by atoms with Gasteiger partial charge >= 0.3 is 6.18 Å². The number of hydrogen-bond donors (Lipinski definition) is 4. The number of nitrogens with zero attached hydrogens (tertiary/aromatic N) is 1. The molecule has 0 radical (unpaired) electrons. The molecule has 0 aromatic rings. The third kappa shape index (κ3) is 5.32. The van der Waals surface area contributed by atoms with Crippen molar-refractivity contribution in [2.75, 3.05) is 6.54 Å². The fourth-order valence-electron chi connectivity index (χ4n) is 2.23. The Balaban J connectivity index is 2.87. The molecule has 1 rings (SSSR count). The van der Waals surface area contributed by atoms with Crippen molar-refractivity contribution < 1.29 is 26.8 Å². The summed E-state index contributed by atoms with van der Waals surface area (Å²) in [4.78, 5) is 0. The second-order valence-corrected chi connectivity index (χ2v) is 6.79. The third-order valence-corrected chi connectivity index (χ3v) is 4.70. The molecule has 0 atom stereocenters. The summed E-state index contributed by atoms with van der Waals surface area (Å²) < 4.78 is 63.3. The highest BCUT2D eigenvalue weighted by atomic mass is 32.2. The van der Waals surface area contributed by atoms with E-state index in [-0.39, 0.29) is 18.7 Å². The van der Waals surface area contributed by atoms with Gasteiger partial charge in [0.2, 0.25) is 0 Å². The zero-order chi connectivity index (χ0) is 16.3. The first-order chi connectivity index (χ1) is 9.50. The maximum atomic E-state index is 12.1. The second-order valence-electron chi connectivity index (χ2n) is 5.29. The lowest BCUT2D eigenvalue weighted by atomic mass is 9.77. The predicted molar refractivity (Wildman–Crippen MR) is 69.9 cm³/mol. The summed E-state index contributed by atoms with van der Waals surface area (Å²) in [7, 11) is -4.44. The first kappa shape index (κ1) is 18.0. The van der Waals surface area contributed by atoms with Gasteiger partial charge in [0.05, 0.1) is 5.54 Å². The van der Waals surface area contributed by atoms with Crippen LogP contribution in [0.4, 0.5) is 13.2 Å². The van der Waals surface area contributed by atoms with Crippen LogP contribution in [-0.4, -0.2) is 37.7 Å². The Kier molecular flexibility index (Phi) is 5.45. The molecule has 0 amide bonds. The molecule has 0 aromatic heterocycles. The summed E-state index contributed by atoms with van der Waals surface area (Å²) in [6.45, 7) is 0.275. The number of nitrogens with one attached hydrogen (secondary N) is 2. The van der Waals surface area contributed by atoms with Gasteiger partial charge in [-0.2, -0.15) is 31.0 Å². The van der Waals surface area contributed by atoms with Crippen LogP contribution in [0.25, 0.3) is 0 Å². The zero-order valence-corrected chi connectivity index (χ0v) is 12.3. The van der Waals surface area contributed by atoms with Crippen LogP contribution in [0, 0.1) is 5.92 Å². The van der Waals surface area contributed by atoms with Crippen molar-refractivity contribution in [1.29, 1.82) is 0 Å². The predicted octanol–water partition coefficient (Wildman–Crippen LogP) is 0.668. The molecule has 0 spiro atoms. The first-order valence-electron chi connectivity index (χ1n) is 6.33. The maximum absolute atomic E-state index is 12.1. The average Bonchev–Trinajstić information content (AvgIpc) is 2.38. The number of oxime groups is 1. The smallest absolute Gasteiger partial charge is 0.402 e. The molecule has 0 heterocycles. The van der Waals surface area contributed by atoms with Gasteiger partial charge in [-0.25, -0.2) is 0 Å². The molecule has 0 bridgehead atoms. The summed E-state index contributed by atoms with van der Waals surface area (Å²) in [6.07, 6.45) is -2.95. The van der Waals surface area contributed by atoms with E-state index in [1.54, 1.807) is 0 Å². The van der Waals surface area contributed by atoms with Crippen LogP contribution in [0.2, 0.25) is 0 Å². The molecule has 1 aliphatic carbocycles. The average molecular weight is 332 g/mol. The minimum absolute atomic E-state index is 0.247. The quantitative estimate of drug-likeness (QED) is 0.256. The summed E-state index contributed by atoms with van der Waals surface area (Å²) in [5.41, 5.74) is 4.18. The highest BCUT2D eigenvalue weighted by molar-refractivity contribution is 7.87. The highest BCUT2D eigenvalue weighted by Gasteiger charge is 2.42. The van der Waals surface area contributed by atoms with Crippen molar-refractivity contribution in [2.24, 2.45) is 16.8 Å². The SMILES string of the molecule is CC1CCC(NS(=O)(=O)NCC(F)(F)F)(C(N)=NO)CC1. The van der Waals surface area contributed by atoms with Crippen LogP contribution in [0.5, 0.6) is 0 Å². The molecule has 124 valence electrons. The molecule has 11 heteroatoms. The molecule has 21 heavy (non-hydrogen) atoms. The van der Waals surface area contributed by atoms with Crippen LogP contribution < -0.4 is 15.2 Å². The number of rotatable bonds is 5. The molecule has 1 fully saturated rings. The van der Waals surface area contributed by atoms with E-state index in [0.29, 0.717) is 18.8 Å². The zero-order valence-electron chi connectivity index (χ0n) is 11.4. The van der Waals surface area contributed by atoms with E-state index in [4.69, 9.17) is 10.9 Å². The molecule has 7 nitrogen and oxygen atoms in total. The largest absolute Gasteiger partial charge is 0.409 e. The fraction of sp³-hybridized carbons (Fsp3) is 0.900. The number of hydrogen-bond acceptors (Lipinski definition) is 4. The molecule has 0 saturated heterocycles. The summed E-state index contributed by atoms with van der Waals surface area (Å²) in [5, 5.41) is 11.6. The van der Waals surface area contributed by atoms with Crippen LogP contribution >= 0.6 is 0 Å². The first-order valence-corrected chi connectivity index (χ1v) is 7.81. The van der Waals surface area contributed by atoms with Gasteiger partial charge in [-0.15, -0.1) is 0 Å². The Morgan fingerprint density at radius 2 is 1.95 bits per heavy atom. The molecular formula is C10H19F3N4O3S. The highest BCUT2D eigenvalue weighted by Crippen LogP contribution is 2.32. The Bertz CT molecular complexity index is 484. The number of alkyl halides is 3. The van der Waals surface area contributed by atoms with E-state index in [9.17, 15) is 21.6 Å². The van der Waals surface area contributed by atoms with E-state index < -0.39 is 28.5 Å². The Hall–Kier alpha value is -1.07. The monoisotopic (exact) mass is 332 g/mol. The minimum atomic E-state index is -4.67. The fourth-order valence-corrected chi connectivity index (χ4v) is 3.48. The van der Waals surface area contributed by atoms with Crippen LogP contribution in [0.3, 0.4) is 0 Å².